The first-order valence-corrected chi connectivity index (χ1v) is 7.18. The molecular formula is C10H14IN3S. The Kier molecular flexibility index (Phi) is 3.71. The van der Waals surface area contributed by atoms with Crippen LogP contribution >= 0.6 is 34.4 Å². The van der Waals surface area contributed by atoms with E-state index in [4.69, 9.17) is 0 Å². The standard InChI is InChI=1S/C10H14IN3S/c1-6-8(11)10(12-2)14-9(13-6)7-4-3-5-15-7/h7H,3-5H2,1-2H3,(H,12,13,14). The summed E-state index contributed by atoms with van der Waals surface area (Å²) in [6, 6.07) is 0. The van der Waals surface area contributed by atoms with Crippen LogP contribution in [0, 0.1) is 10.5 Å². The fraction of sp³-hybridized carbons (Fsp3) is 0.600. The highest BCUT2D eigenvalue weighted by molar-refractivity contribution is 14.1. The molecule has 1 aliphatic heterocycles. The second-order valence-electron chi connectivity index (χ2n) is 3.58. The lowest BCUT2D eigenvalue weighted by molar-refractivity contribution is 0.771. The summed E-state index contributed by atoms with van der Waals surface area (Å²) in [5.41, 5.74) is 1.08. The van der Waals surface area contributed by atoms with Gasteiger partial charge in [0, 0.05) is 7.05 Å². The highest BCUT2D eigenvalue weighted by Crippen LogP contribution is 2.38. The molecule has 3 nitrogen and oxygen atoms in total. The second kappa shape index (κ2) is 4.86. The number of nitrogens with one attached hydrogen (secondary N) is 1. The lowest BCUT2D eigenvalue weighted by Crippen LogP contribution is -2.06. The van der Waals surface area contributed by atoms with Gasteiger partial charge in [-0.1, -0.05) is 0 Å². The van der Waals surface area contributed by atoms with Crippen LogP contribution in [0.4, 0.5) is 5.82 Å². The molecule has 0 spiro atoms. The number of aromatic nitrogens is 2. The molecule has 0 saturated carbocycles. The van der Waals surface area contributed by atoms with Gasteiger partial charge >= 0.3 is 0 Å². The van der Waals surface area contributed by atoms with Crippen LogP contribution in [-0.4, -0.2) is 22.8 Å². The molecule has 2 heterocycles. The topological polar surface area (TPSA) is 37.8 Å². The summed E-state index contributed by atoms with van der Waals surface area (Å²) in [5, 5.41) is 3.64. The normalized spacial score (nSPS) is 20.6. The molecular weight excluding hydrogens is 321 g/mol. The molecule has 1 atom stereocenters. The average molecular weight is 335 g/mol. The summed E-state index contributed by atoms with van der Waals surface area (Å²) in [5.74, 6) is 3.21. The van der Waals surface area contributed by atoms with Crippen molar-refractivity contribution < 1.29 is 0 Å². The number of halogens is 1. The highest BCUT2D eigenvalue weighted by atomic mass is 127. The second-order valence-corrected chi connectivity index (χ2v) is 5.97. The van der Waals surface area contributed by atoms with Gasteiger partial charge in [0.1, 0.15) is 11.6 Å². The van der Waals surface area contributed by atoms with Crippen molar-refractivity contribution in [2.24, 2.45) is 0 Å². The minimum absolute atomic E-state index is 0.507. The van der Waals surface area contributed by atoms with Crippen molar-refractivity contribution in [2.75, 3.05) is 18.1 Å². The van der Waals surface area contributed by atoms with Crippen molar-refractivity contribution in [3.8, 4) is 0 Å². The van der Waals surface area contributed by atoms with Gasteiger partial charge in [-0.3, -0.25) is 0 Å². The molecule has 1 aromatic heterocycles. The highest BCUT2D eigenvalue weighted by Gasteiger charge is 2.22. The lowest BCUT2D eigenvalue weighted by atomic mass is 10.2. The Morgan fingerprint density at radius 3 is 2.87 bits per heavy atom. The number of aryl methyl sites for hydroxylation is 1. The maximum Gasteiger partial charge on any atom is 0.144 e. The molecule has 2 rings (SSSR count). The van der Waals surface area contributed by atoms with E-state index < -0.39 is 0 Å². The zero-order valence-corrected chi connectivity index (χ0v) is 11.9. The molecule has 1 N–H and O–H groups in total. The molecule has 1 unspecified atom stereocenters. The van der Waals surface area contributed by atoms with Gasteiger partial charge in [-0.15, -0.1) is 0 Å². The van der Waals surface area contributed by atoms with Gasteiger partial charge in [0.05, 0.1) is 14.5 Å². The maximum atomic E-state index is 4.58. The van der Waals surface area contributed by atoms with E-state index in [1.54, 1.807) is 0 Å². The van der Waals surface area contributed by atoms with Crippen LogP contribution in [0.25, 0.3) is 0 Å². The molecule has 1 fully saturated rings. The number of thioether (sulfide) groups is 1. The van der Waals surface area contributed by atoms with E-state index in [1.807, 2.05) is 25.7 Å². The van der Waals surface area contributed by atoms with E-state index in [1.165, 1.54) is 18.6 Å². The van der Waals surface area contributed by atoms with Crippen molar-refractivity contribution in [3.63, 3.8) is 0 Å². The fourth-order valence-electron chi connectivity index (χ4n) is 1.67. The lowest BCUT2D eigenvalue weighted by Gasteiger charge is -2.12. The zero-order valence-electron chi connectivity index (χ0n) is 8.88. The summed E-state index contributed by atoms with van der Waals surface area (Å²) < 4.78 is 1.13. The average Bonchev–Trinajstić information content (AvgIpc) is 2.75. The van der Waals surface area contributed by atoms with Crippen molar-refractivity contribution in [3.05, 3.63) is 15.1 Å². The van der Waals surface area contributed by atoms with Gasteiger partial charge in [-0.25, -0.2) is 9.97 Å². The van der Waals surface area contributed by atoms with Crippen LogP contribution in [0.5, 0.6) is 0 Å². The number of nitrogens with zero attached hydrogens (tertiary/aromatic N) is 2. The van der Waals surface area contributed by atoms with Gasteiger partial charge in [0.15, 0.2) is 0 Å². The molecule has 5 heteroatoms. The molecule has 1 aliphatic rings. The van der Waals surface area contributed by atoms with Crippen molar-refractivity contribution in [1.82, 2.24) is 9.97 Å². The predicted molar refractivity (Wildman–Crippen MR) is 73.5 cm³/mol. The van der Waals surface area contributed by atoms with Crippen LogP contribution in [0.2, 0.25) is 0 Å². The van der Waals surface area contributed by atoms with Crippen molar-refractivity contribution in [1.29, 1.82) is 0 Å². The number of anilines is 1. The summed E-state index contributed by atoms with van der Waals surface area (Å²) in [4.78, 5) is 9.17. The van der Waals surface area contributed by atoms with E-state index in [2.05, 4.69) is 37.9 Å². The minimum atomic E-state index is 0.507. The van der Waals surface area contributed by atoms with Gasteiger partial charge in [-0.2, -0.15) is 11.8 Å². The Morgan fingerprint density at radius 1 is 1.47 bits per heavy atom. The third-order valence-corrected chi connectivity index (χ3v) is 5.15. The van der Waals surface area contributed by atoms with Crippen LogP contribution in [-0.2, 0) is 0 Å². The minimum Gasteiger partial charge on any atom is -0.372 e. The Bertz CT molecular complexity index is 364. The van der Waals surface area contributed by atoms with Crippen LogP contribution in [0.3, 0.4) is 0 Å². The maximum absolute atomic E-state index is 4.58. The van der Waals surface area contributed by atoms with Gasteiger partial charge in [0.25, 0.3) is 0 Å². The molecule has 0 aromatic carbocycles. The summed E-state index contributed by atoms with van der Waals surface area (Å²) >= 11 is 4.26. The third kappa shape index (κ3) is 2.38. The van der Waals surface area contributed by atoms with Crippen LogP contribution < -0.4 is 5.32 Å². The molecule has 0 bridgehead atoms. The Balaban J connectivity index is 2.35. The molecule has 15 heavy (non-hydrogen) atoms. The van der Waals surface area contributed by atoms with Crippen LogP contribution in [0.1, 0.15) is 29.6 Å². The number of hydrogen-bond acceptors (Lipinski definition) is 4. The predicted octanol–water partition coefficient (Wildman–Crippen LogP) is 3.00. The van der Waals surface area contributed by atoms with E-state index in [0.29, 0.717) is 5.25 Å². The van der Waals surface area contributed by atoms with Crippen molar-refractivity contribution >= 4 is 40.2 Å². The largest absolute Gasteiger partial charge is 0.372 e. The smallest absolute Gasteiger partial charge is 0.144 e. The fourth-order valence-corrected chi connectivity index (χ4v) is 3.39. The van der Waals surface area contributed by atoms with E-state index in [-0.39, 0.29) is 0 Å². The molecule has 0 amide bonds. The Morgan fingerprint density at radius 2 is 2.27 bits per heavy atom. The summed E-state index contributed by atoms with van der Waals surface area (Å²) in [6.45, 7) is 2.05. The Labute approximate surface area is 108 Å². The van der Waals surface area contributed by atoms with Crippen LogP contribution in [0.15, 0.2) is 0 Å². The molecule has 0 aliphatic carbocycles. The summed E-state index contributed by atoms with van der Waals surface area (Å²) in [7, 11) is 1.91. The van der Waals surface area contributed by atoms with Crippen molar-refractivity contribution in [2.45, 2.75) is 25.0 Å². The Hall–Kier alpha value is -0.0400. The molecule has 1 aromatic rings. The first-order chi connectivity index (χ1) is 7.22. The quantitative estimate of drug-likeness (QED) is 0.844. The van der Waals surface area contributed by atoms with Gasteiger partial charge in [0.2, 0.25) is 0 Å². The number of hydrogen-bond donors (Lipinski definition) is 1. The summed E-state index contributed by atoms with van der Waals surface area (Å²) in [6.07, 6.45) is 2.51. The van der Waals surface area contributed by atoms with E-state index in [0.717, 1.165) is 20.9 Å². The third-order valence-electron chi connectivity index (χ3n) is 2.49. The molecule has 82 valence electrons. The first-order valence-electron chi connectivity index (χ1n) is 5.05. The molecule has 0 radical (unpaired) electrons. The van der Waals surface area contributed by atoms with E-state index in [9.17, 15) is 0 Å². The SMILES string of the molecule is CNc1nc(C2CCCS2)nc(C)c1I. The number of rotatable bonds is 2. The van der Waals surface area contributed by atoms with Gasteiger partial charge in [-0.05, 0) is 48.1 Å². The van der Waals surface area contributed by atoms with E-state index >= 15 is 0 Å². The first kappa shape index (κ1) is 11.4. The molecule has 1 saturated heterocycles. The zero-order chi connectivity index (χ0) is 10.8. The van der Waals surface area contributed by atoms with Gasteiger partial charge < -0.3 is 5.32 Å². The monoisotopic (exact) mass is 335 g/mol.